The van der Waals surface area contributed by atoms with Crippen LogP contribution in [-0.2, 0) is 4.79 Å². The summed E-state index contributed by atoms with van der Waals surface area (Å²) >= 11 is 0. The van der Waals surface area contributed by atoms with Gasteiger partial charge >= 0.3 is 0 Å². The van der Waals surface area contributed by atoms with Gasteiger partial charge in [0.1, 0.15) is 5.75 Å². The number of carbonyl (C=O) groups is 1. The highest BCUT2D eigenvalue weighted by Crippen LogP contribution is 2.07. The van der Waals surface area contributed by atoms with E-state index in [2.05, 4.69) is 5.32 Å². The molecule has 3 N–H and O–H groups in total. The van der Waals surface area contributed by atoms with Crippen LogP contribution in [0.2, 0.25) is 0 Å². The quantitative estimate of drug-likeness (QED) is 0.690. The molecule has 4 nitrogen and oxygen atoms in total. The van der Waals surface area contributed by atoms with E-state index in [9.17, 15) is 4.79 Å². The molecule has 0 saturated heterocycles. The summed E-state index contributed by atoms with van der Waals surface area (Å²) in [6, 6.07) is 9.25. The van der Waals surface area contributed by atoms with Crippen LogP contribution in [-0.4, -0.2) is 25.1 Å². The Kier molecular flexibility index (Phi) is 6.87. The van der Waals surface area contributed by atoms with Gasteiger partial charge in [0.2, 0.25) is 5.91 Å². The van der Waals surface area contributed by atoms with Crippen LogP contribution in [0.15, 0.2) is 30.3 Å². The molecule has 1 aromatic rings. The number of benzene rings is 1. The second kappa shape index (κ2) is 8.53. The monoisotopic (exact) mass is 250 g/mol. The van der Waals surface area contributed by atoms with Gasteiger partial charge in [0.25, 0.3) is 0 Å². The molecule has 0 aliphatic rings. The molecule has 0 aromatic heterocycles. The lowest BCUT2D eigenvalue weighted by Gasteiger charge is -2.11. The van der Waals surface area contributed by atoms with Crippen LogP contribution >= 0.6 is 0 Å². The van der Waals surface area contributed by atoms with E-state index in [1.54, 1.807) is 0 Å². The Morgan fingerprint density at radius 1 is 1.39 bits per heavy atom. The first kappa shape index (κ1) is 14.5. The molecule has 0 aliphatic carbocycles. The molecule has 0 fully saturated rings. The molecule has 4 heteroatoms. The molecule has 1 aromatic carbocycles. The van der Waals surface area contributed by atoms with Gasteiger partial charge in [0, 0.05) is 6.54 Å². The third kappa shape index (κ3) is 5.68. The maximum Gasteiger partial charge on any atom is 0.236 e. The first-order valence-corrected chi connectivity index (χ1v) is 6.45. The number of rotatable bonds is 8. The van der Waals surface area contributed by atoms with Crippen molar-refractivity contribution in [1.29, 1.82) is 0 Å². The largest absolute Gasteiger partial charge is 0.494 e. The highest BCUT2D eigenvalue weighted by atomic mass is 16.5. The van der Waals surface area contributed by atoms with Crippen molar-refractivity contribution >= 4 is 5.91 Å². The third-order valence-electron chi connectivity index (χ3n) is 2.57. The zero-order valence-electron chi connectivity index (χ0n) is 10.9. The average Bonchev–Trinajstić information content (AvgIpc) is 2.39. The van der Waals surface area contributed by atoms with Crippen molar-refractivity contribution in [3.63, 3.8) is 0 Å². The minimum atomic E-state index is -0.384. The van der Waals surface area contributed by atoms with Crippen LogP contribution in [0.4, 0.5) is 0 Å². The first-order valence-electron chi connectivity index (χ1n) is 6.45. The number of para-hydroxylation sites is 1. The van der Waals surface area contributed by atoms with Crippen molar-refractivity contribution in [2.24, 2.45) is 5.73 Å². The molecule has 0 heterocycles. The van der Waals surface area contributed by atoms with Gasteiger partial charge in [-0.3, -0.25) is 4.79 Å². The van der Waals surface area contributed by atoms with Crippen molar-refractivity contribution in [2.75, 3.05) is 13.2 Å². The van der Waals surface area contributed by atoms with Crippen molar-refractivity contribution in [1.82, 2.24) is 5.32 Å². The summed E-state index contributed by atoms with van der Waals surface area (Å²) in [6.45, 7) is 3.21. The van der Waals surface area contributed by atoms with Gasteiger partial charge in [-0.15, -0.1) is 0 Å². The highest BCUT2D eigenvalue weighted by molar-refractivity contribution is 5.81. The Bertz CT molecular complexity index is 341. The van der Waals surface area contributed by atoms with Crippen LogP contribution in [0, 0.1) is 0 Å². The molecule has 18 heavy (non-hydrogen) atoms. The molecule has 0 saturated carbocycles. The zero-order chi connectivity index (χ0) is 13.2. The average molecular weight is 250 g/mol. The number of nitrogens with one attached hydrogen (secondary N) is 1. The van der Waals surface area contributed by atoms with Crippen molar-refractivity contribution in [2.45, 2.75) is 32.2 Å². The molecule has 0 unspecified atom stereocenters. The Balaban J connectivity index is 2.07. The normalized spacial score (nSPS) is 11.9. The van der Waals surface area contributed by atoms with E-state index in [0.717, 1.165) is 25.0 Å². The number of nitrogens with two attached hydrogens (primary N) is 1. The van der Waals surface area contributed by atoms with E-state index in [1.807, 2.05) is 37.3 Å². The molecule has 1 rings (SSSR count). The van der Waals surface area contributed by atoms with Gasteiger partial charge in [-0.1, -0.05) is 31.5 Å². The fourth-order valence-corrected chi connectivity index (χ4v) is 1.56. The van der Waals surface area contributed by atoms with Crippen molar-refractivity contribution in [3.05, 3.63) is 30.3 Å². The molecule has 1 amide bonds. The topological polar surface area (TPSA) is 64.4 Å². The smallest absolute Gasteiger partial charge is 0.236 e. The first-order chi connectivity index (χ1) is 8.74. The van der Waals surface area contributed by atoms with Gasteiger partial charge in [0.05, 0.1) is 12.6 Å². The maximum atomic E-state index is 11.5. The Morgan fingerprint density at radius 2 is 2.11 bits per heavy atom. The number of carbonyl (C=O) groups excluding carboxylic acids is 1. The van der Waals surface area contributed by atoms with Gasteiger partial charge in [-0.2, -0.15) is 0 Å². The van der Waals surface area contributed by atoms with Gasteiger partial charge in [-0.05, 0) is 25.0 Å². The summed E-state index contributed by atoms with van der Waals surface area (Å²) in [6.07, 6.45) is 2.43. The third-order valence-corrected chi connectivity index (χ3v) is 2.57. The molecule has 0 radical (unpaired) electrons. The summed E-state index contributed by atoms with van der Waals surface area (Å²) in [5.41, 5.74) is 5.69. The molecule has 0 spiro atoms. The van der Waals surface area contributed by atoms with Crippen LogP contribution in [0.25, 0.3) is 0 Å². The molecule has 1 atom stereocenters. The van der Waals surface area contributed by atoms with Crippen molar-refractivity contribution in [3.8, 4) is 5.75 Å². The van der Waals surface area contributed by atoms with Crippen LogP contribution in [0.1, 0.15) is 26.2 Å². The molecular weight excluding hydrogens is 228 g/mol. The second-order valence-corrected chi connectivity index (χ2v) is 4.20. The standard InChI is InChI=1S/C14H22N2O2/c1-2-7-13(15)14(17)16-10-6-11-18-12-8-4-3-5-9-12/h3-5,8-9,13H,2,6-7,10-11,15H2,1H3,(H,16,17)/t13-/m0/s1. The Labute approximate surface area is 109 Å². The Morgan fingerprint density at radius 3 is 2.78 bits per heavy atom. The number of hydrogen-bond donors (Lipinski definition) is 2. The van der Waals surface area contributed by atoms with Crippen LogP contribution in [0.3, 0.4) is 0 Å². The van der Waals surface area contributed by atoms with E-state index < -0.39 is 0 Å². The lowest BCUT2D eigenvalue weighted by Crippen LogP contribution is -2.41. The van der Waals surface area contributed by atoms with Gasteiger partial charge in [0.15, 0.2) is 0 Å². The van der Waals surface area contributed by atoms with E-state index in [1.165, 1.54) is 0 Å². The highest BCUT2D eigenvalue weighted by Gasteiger charge is 2.10. The van der Waals surface area contributed by atoms with E-state index in [4.69, 9.17) is 10.5 Å². The fourth-order valence-electron chi connectivity index (χ4n) is 1.56. The molecule has 0 aliphatic heterocycles. The predicted molar refractivity (Wildman–Crippen MR) is 72.4 cm³/mol. The van der Waals surface area contributed by atoms with Gasteiger partial charge in [-0.25, -0.2) is 0 Å². The number of ether oxygens (including phenoxy) is 1. The Hall–Kier alpha value is -1.55. The fraction of sp³-hybridized carbons (Fsp3) is 0.500. The second-order valence-electron chi connectivity index (χ2n) is 4.20. The van der Waals surface area contributed by atoms with Crippen molar-refractivity contribution < 1.29 is 9.53 Å². The predicted octanol–water partition coefficient (Wildman–Crippen LogP) is 1.70. The summed E-state index contributed by atoms with van der Waals surface area (Å²) in [5.74, 6) is 0.781. The van der Waals surface area contributed by atoms with E-state index in [-0.39, 0.29) is 11.9 Å². The number of amides is 1. The lowest BCUT2D eigenvalue weighted by atomic mass is 10.2. The lowest BCUT2D eigenvalue weighted by molar-refractivity contribution is -0.122. The SMILES string of the molecule is CCC[C@H](N)C(=O)NCCCOc1ccccc1. The molecule has 0 bridgehead atoms. The summed E-state index contributed by atoms with van der Waals surface area (Å²) in [5, 5.41) is 2.81. The molecule has 100 valence electrons. The van der Waals surface area contributed by atoms with E-state index in [0.29, 0.717) is 13.2 Å². The number of hydrogen-bond acceptors (Lipinski definition) is 3. The van der Waals surface area contributed by atoms with Crippen LogP contribution in [0.5, 0.6) is 5.75 Å². The summed E-state index contributed by atoms with van der Waals surface area (Å²) in [7, 11) is 0. The minimum Gasteiger partial charge on any atom is -0.494 e. The maximum absolute atomic E-state index is 11.5. The minimum absolute atomic E-state index is 0.0726. The van der Waals surface area contributed by atoms with E-state index >= 15 is 0 Å². The zero-order valence-corrected chi connectivity index (χ0v) is 10.9. The van der Waals surface area contributed by atoms with Crippen LogP contribution < -0.4 is 15.8 Å². The summed E-state index contributed by atoms with van der Waals surface area (Å²) in [4.78, 5) is 11.5. The molecular formula is C14H22N2O2. The van der Waals surface area contributed by atoms with Gasteiger partial charge < -0.3 is 15.8 Å². The summed E-state index contributed by atoms with van der Waals surface area (Å²) < 4.78 is 5.51.